The Hall–Kier alpha value is -0.570. The van der Waals surface area contributed by atoms with Crippen LogP contribution >= 0.6 is 0 Å². The van der Waals surface area contributed by atoms with Gasteiger partial charge >= 0.3 is 5.97 Å². The molecule has 1 fully saturated rings. The van der Waals surface area contributed by atoms with Crippen molar-refractivity contribution >= 4 is 5.97 Å². The Balaban J connectivity index is 2.44. The van der Waals surface area contributed by atoms with E-state index in [4.69, 9.17) is 9.47 Å². The predicted molar refractivity (Wildman–Crippen MR) is 31.0 cm³/mol. The first-order chi connectivity index (χ1) is 4.20. The van der Waals surface area contributed by atoms with E-state index in [2.05, 4.69) is 0 Å². The molecule has 0 amide bonds. The largest absolute Gasteiger partial charge is 0.458 e. The predicted octanol–water partition coefficient (Wildman–Crippen LogP) is 0.337. The van der Waals surface area contributed by atoms with Gasteiger partial charge < -0.3 is 9.47 Å². The molecule has 0 saturated carbocycles. The first-order valence-electron chi connectivity index (χ1n) is 3.01. The summed E-state index contributed by atoms with van der Waals surface area (Å²) in [6.07, 6.45) is -0.0473. The number of esters is 1. The molecule has 0 aromatic rings. The molecule has 2 atom stereocenters. The second kappa shape index (κ2) is 2.35. The van der Waals surface area contributed by atoms with Crippen LogP contribution in [-0.4, -0.2) is 24.8 Å². The average molecular weight is 130 g/mol. The highest BCUT2D eigenvalue weighted by Crippen LogP contribution is 2.08. The van der Waals surface area contributed by atoms with Crippen molar-refractivity contribution in [3.63, 3.8) is 0 Å². The highest BCUT2D eigenvalue weighted by Gasteiger charge is 2.23. The number of cyclic esters (lactones) is 1. The first-order valence-corrected chi connectivity index (χ1v) is 3.01. The number of carbonyl (C=O) groups is 1. The number of hydrogen-bond acceptors (Lipinski definition) is 3. The van der Waals surface area contributed by atoms with E-state index in [-0.39, 0.29) is 24.8 Å². The summed E-state index contributed by atoms with van der Waals surface area (Å²) in [6, 6.07) is 0. The Bertz CT molecular complexity index is 121. The van der Waals surface area contributed by atoms with Crippen molar-refractivity contribution in [1.82, 2.24) is 0 Å². The van der Waals surface area contributed by atoms with Crippen molar-refractivity contribution < 1.29 is 14.3 Å². The van der Waals surface area contributed by atoms with Gasteiger partial charge in [0.1, 0.15) is 12.7 Å². The molecule has 2 unspecified atom stereocenters. The van der Waals surface area contributed by atoms with Crippen LogP contribution in [0.2, 0.25) is 0 Å². The smallest absolute Gasteiger partial charge is 0.332 e. The third-order valence-corrected chi connectivity index (χ3v) is 1.44. The van der Waals surface area contributed by atoms with Gasteiger partial charge in [0.15, 0.2) is 0 Å². The first kappa shape index (κ1) is 6.55. The molecular weight excluding hydrogens is 120 g/mol. The second-order valence-electron chi connectivity index (χ2n) is 2.21. The van der Waals surface area contributed by atoms with Crippen molar-refractivity contribution in [2.24, 2.45) is 0 Å². The van der Waals surface area contributed by atoms with Gasteiger partial charge in [-0.25, -0.2) is 4.79 Å². The standard InChI is InChI=1S/C6H10O3/c1-4-5(2)9-6(7)3-8-4/h4-5H,3H2,1-2H3. The lowest BCUT2D eigenvalue weighted by Crippen LogP contribution is -2.37. The third-order valence-electron chi connectivity index (χ3n) is 1.44. The molecule has 9 heavy (non-hydrogen) atoms. The Morgan fingerprint density at radius 2 is 2.11 bits per heavy atom. The minimum atomic E-state index is -0.263. The maximum atomic E-state index is 10.5. The number of hydrogen-bond donors (Lipinski definition) is 0. The van der Waals surface area contributed by atoms with Crippen LogP contribution in [0.15, 0.2) is 0 Å². The van der Waals surface area contributed by atoms with Crippen molar-refractivity contribution in [2.75, 3.05) is 6.61 Å². The number of ether oxygens (including phenoxy) is 2. The van der Waals surface area contributed by atoms with Gasteiger partial charge in [-0.2, -0.15) is 0 Å². The summed E-state index contributed by atoms with van der Waals surface area (Å²) in [6.45, 7) is 3.81. The molecule has 3 heteroatoms. The maximum Gasteiger partial charge on any atom is 0.332 e. The molecule has 0 aliphatic carbocycles. The highest BCUT2D eigenvalue weighted by molar-refractivity contribution is 5.71. The van der Waals surface area contributed by atoms with Crippen molar-refractivity contribution in [3.05, 3.63) is 0 Å². The Morgan fingerprint density at radius 3 is 2.56 bits per heavy atom. The van der Waals surface area contributed by atoms with Crippen LogP contribution < -0.4 is 0 Å². The second-order valence-corrected chi connectivity index (χ2v) is 2.21. The molecule has 52 valence electrons. The van der Waals surface area contributed by atoms with E-state index in [1.165, 1.54) is 0 Å². The molecule has 0 bridgehead atoms. The van der Waals surface area contributed by atoms with Gasteiger partial charge in [-0.3, -0.25) is 0 Å². The zero-order chi connectivity index (χ0) is 6.85. The van der Waals surface area contributed by atoms with Crippen molar-refractivity contribution in [1.29, 1.82) is 0 Å². The van der Waals surface area contributed by atoms with Crippen LogP contribution in [0.25, 0.3) is 0 Å². The fourth-order valence-electron chi connectivity index (χ4n) is 0.672. The van der Waals surface area contributed by atoms with Crippen molar-refractivity contribution in [3.8, 4) is 0 Å². The van der Waals surface area contributed by atoms with Crippen molar-refractivity contribution in [2.45, 2.75) is 26.1 Å². The Labute approximate surface area is 53.9 Å². The molecule has 1 heterocycles. The highest BCUT2D eigenvalue weighted by atomic mass is 16.6. The van der Waals surface area contributed by atoms with E-state index in [9.17, 15) is 4.79 Å². The summed E-state index contributed by atoms with van der Waals surface area (Å²) in [5, 5.41) is 0. The lowest BCUT2D eigenvalue weighted by atomic mass is 10.2. The molecule has 1 aliphatic rings. The molecule has 1 saturated heterocycles. The normalized spacial score (nSPS) is 36.0. The van der Waals surface area contributed by atoms with Crippen LogP contribution in [0, 0.1) is 0 Å². The average Bonchev–Trinajstić information content (AvgIpc) is 1.80. The summed E-state index contributed by atoms with van der Waals surface area (Å²) < 4.78 is 9.86. The number of rotatable bonds is 0. The van der Waals surface area contributed by atoms with Crippen LogP contribution in [0.3, 0.4) is 0 Å². The molecular formula is C6H10O3. The monoisotopic (exact) mass is 130 g/mol. The van der Waals surface area contributed by atoms with Gasteiger partial charge in [0, 0.05) is 0 Å². The van der Waals surface area contributed by atoms with Gasteiger partial charge in [-0.15, -0.1) is 0 Å². The van der Waals surface area contributed by atoms with E-state index in [0.717, 1.165) is 0 Å². The summed E-state index contributed by atoms with van der Waals surface area (Å²) in [5.74, 6) is -0.263. The summed E-state index contributed by atoms with van der Waals surface area (Å²) in [4.78, 5) is 10.5. The Kier molecular flexibility index (Phi) is 1.71. The van der Waals surface area contributed by atoms with Gasteiger partial charge in [0.25, 0.3) is 0 Å². The van der Waals surface area contributed by atoms with Gasteiger partial charge in [-0.1, -0.05) is 0 Å². The zero-order valence-electron chi connectivity index (χ0n) is 5.59. The quantitative estimate of drug-likeness (QED) is 0.443. The lowest BCUT2D eigenvalue weighted by molar-refractivity contribution is -0.178. The number of carbonyl (C=O) groups excluding carboxylic acids is 1. The maximum absolute atomic E-state index is 10.5. The van der Waals surface area contributed by atoms with Crippen LogP contribution in [0.1, 0.15) is 13.8 Å². The Morgan fingerprint density at radius 1 is 1.44 bits per heavy atom. The minimum Gasteiger partial charge on any atom is -0.458 e. The molecule has 0 aromatic carbocycles. The molecule has 3 nitrogen and oxygen atoms in total. The minimum absolute atomic E-state index is 0.0442. The van der Waals surface area contributed by atoms with Gasteiger partial charge in [-0.05, 0) is 13.8 Å². The molecule has 0 aromatic heterocycles. The van der Waals surface area contributed by atoms with Crippen LogP contribution in [-0.2, 0) is 14.3 Å². The van der Waals surface area contributed by atoms with E-state index in [1.807, 2.05) is 13.8 Å². The molecule has 0 N–H and O–H groups in total. The molecule has 1 aliphatic heterocycles. The lowest BCUT2D eigenvalue weighted by Gasteiger charge is -2.25. The molecule has 0 radical (unpaired) electrons. The summed E-state index contributed by atoms with van der Waals surface area (Å²) >= 11 is 0. The van der Waals surface area contributed by atoms with E-state index < -0.39 is 0 Å². The molecule has 0 spiro atoms. The fourth-order valence-corrected chi connectivity index (χ4v) is 0.672. The summed E-state index contributed by atoms with van der Waals surface area (Å²) in [5.41, 5.74) is 0. The van der Waals surface area contributed by atoms with E-state index >= 15 is 0 Å². The van der Waals surface area contributed by atoms with Crippen LogP contribution in [0.4, 0.5) is 0 Å². The fraction of sp³-hybridized carbons (Fsp3) is 0.833. The SMILES string of the molecule is CC1OCC(=O)OC1C. The van der Waals surface area contributed by atoms with E-state index in [0.29, 0.717) is 0 Å². The summed E-state index contributed by atoms with van der Waals surface area (Å²) in [7, 11) is 0. The third kappa shape index (κ3) is 1.42. The van der Waals surface area contributed by atoms with E-state index in [1.54, 1.807) is 0 Å². The topological polar surface area (TPSA) is 35.5 Å². The van der Waals surface area contributed by atoms with Gasteiger partial charge in [0.2, 0.25) is 0 Å². The van der Waals surface area contributed by atoms with Crippen LogP contribution in [0.5, 0.6) is 0 Å². The molecule has 1 rings (SSSR count). The zero-order valence-corrected chi connectivity index (χ0v) is 5.59. The van der Waals surface area contributed by atoms with Gasteiger partial charge in [0.05, 0.1) is 6.10 Å².